The van der Waals surface area contributed by atoms with E-state index in [1.807, 2.05) is 6.07 Å². The molecule has 1 fully saturated rings. The van der Waals surface area contributed by atoms with Crippen LogP contribution in [0.1, 0.15) is 37.8 Å². The number of piperidine rings is 1. The molecular formula is C19H24N2. The average Bonchev–Trinajstić information content (AvgIpc) is 2.56. The molecule has 1 heterocycles. The van der Waals surface area contributed by atoms with Gasteiger partial charge in [-0.15, -0.1) is 0 Å². The topological polar surface area (TPSA) is 38.0 Å². The Morgan fingerprint density at radius 2 is 1.76 bits per heavy atom. The van der Waals surface area contributed by atoms with Crippen molar-refractivity contribution >= 4 is 0 Å². The Balaban J connectivity index is 1.89. The first-order valence-electron chi connectivity index (χ1n) is 7.85. The van der Waals surface area contributed by atoms with Crippen molar-refractivity contribution in [3.63, 3.8) is 0 Å². The van der Waals surface area contributed by atoms with Crippen LogP contribution in [0.3, 0.4) is 0 Å². The van der Waals surface area contributed by atoms with E-state index in [9.17, 15) is 0 Å². The first-order chi connectivity index (χ1) is 10.2. The maximum absolute atomic E-state index is 6.59. The van der Waals surface area contributed by atoms with E-state index in [4.69, 9.17) is 5.73 Å². The maximum atomic E-state index is 6.59. The molecule has 2 aromatic rings. The largest absolute Gasteiger partial charge is 0.322 e. The predicted molar refractivity (Wildman–Crippen MR) is 89.1 cm³/mol. The third-order valence-electron chi connectivity index (χ3n) is 4.69. The number of nitrogens with one attached hydrogen (secondary N) is 1. The summed E-state index contributed by atoms with van der Waals surface area (Å²) in [6.45, 7) is 3.33. The summed E-state index contributed by atoms with van der Waals surface area (Å²) < 4.78 is 0. The summed E-state index contributed by atoms with van der Waals surface area (Å²) in [6.07, 6.45) is 3.66. The van der Waals surface area contributed by atoms with Crippen LogP contribution in [0.2, 0.25) is 0 Å². The van der Waals surface area contributed by atoms with Gasteiger partial charge in [-0.05, 0) is 49.1 Å². The molecule has 2 heteroatoms. The molecule has 1 saturated heterocycles. The van der Waals surface area contributed by atoms with Crippen LogP contribution < -0.4 is 11.1 Å². The highest BCUT2D eigenvalue weighted by molar-refractivity contribution is 5.64. The van der Waals surface area contributed by atoms with Gasteiger partial charge < -0.3 is 11.1 Å². The van der Waals surface area contributed by atoms with Crippen LogP contribution in [0.15, 0.2) is 54.6 Å². The number of hydrogen-bond donors (Lipinski definition) is 2. The molecular weight excluding hydrogens is 256 g/mol. The van der Waals surface area contributed by atoms with E-state index in [1.165, 1.54) is 29.5 Å². The SMILES string of the molecule is C[C@@]1([C@@H](N)c2cccc(-c3ccccc3)c2)CCCCN1. The summed E-state index contributed by atoms with van der Waals surface area (Å²) in [5, 5.41) is 3.63. The van der Waals surface area contributed by atoms with E-state index >= 15 is 0 Å². The molecule has 0 unspecified atom stereocenters. The summed E-state index contributed by atoms with van der Waals surface area (Å²) in [7, 11) is 0. The summed E-state index contributed by atoms with van der Waals surface area (Å²) in [5.41, 5.74) is 10.3. The highest BCUT2D eigenvalue weighted by Gasteiger charge is 2.33. The Morgan fingerprint density at radius 3 is 2.48 bits per heavy atom. The zero-order valence-corrected chi connectivity index (χ0v) is 12.7. The fourth-order valence-corrected chi connectivity index (χ4v) is 3.26. The summed E-state index contributed by atoms with van der Waals surface area (Å²) in [4.78, 5) is 0. The minimum Gasteiger partial charge on any atom is -0.322 e. The van der Waals surface area contributed by atoms with Crippen molar-refractivity contribution in [2.45, 2.75) is 37.8 Å². The zero-order valence-electron chi connectivity index (χ0n) is 12.7. The fourth-order valence-electron chi connectivity index (χ4n) is 3.26. The van der Waals surface area contributed by atoms with Crippen molar-refractivity contribution in [3.8, 4) is 11.1 Å². The molecule has 0 bridgehead atoms. The van der Waals surface area contributed by atoms with Gasteiger partial charge in [0.05, 0.1) is 0 Å². The monoisotopic (exact) mass is 280 g/mol. The van der Waals surface area contributed by atoms with E-state index < -0.39 is 0 Å². The Bertz CT molecular complexity index is 586. The van der Waals surface area contributed by atoms with Crippen molar-refractivity contribution in [1.29, 1.82) is 0 Å². The summed E-state index contributed by atoms with van der Waals surface area (Å²) in [5.74, 6) is 0. The van der Waals surface area contributed by atoms with Gasteiger partial charge in [-0.1, -0.05) is 55.0 Å². The molecule has 110 valence electrons. The Morgan fingerprint density at radius 1 is 1.00 bits per heavy atom. The second kappa shape index (κ2) is 6.00. The molecule has 0 amide bonds. The van der Waals surface area contributed by atoms with Gasteiger partial charge >= 0.3 is 0 Å². The molecule has 0 saturated carbocycles. The molecule has 0 aromatic heterocycles. The van der Waals surface area contributed by atoms with Crippen molar-refractivity contribution < 1.29 is 0 Å². The Labute approximate surface area is 127 Å². The lowest BCUT2D eigenvalue weighted by Crippen LogP contribution is -2.53. The lowest BCUT2D eigenvalue weighted by molar-refractivity contribution is 0.233. The molecule has 1 aliphatic heterocycles. The average molecular weight is 280 g/mol. The first-order valence-corrected chi connectivity index (χ1v) is 7.85. The predicted octanol–water partition coefficient (Wildman–Crippen LogP) is 3.89. The van der Waals surface area contributed by atoms with Crippen LogP contribution in [0.25, 0.3) is 11.1 Å². The molecule has 0 aliphatic carbocycles. The van der Waals surface area contributed by atoms with E-state index in [2.05, 4.69) is 60.8 Å². The van der Waals surface area contributed by atoms with E-state index in [1.54, 1.807) is 0 Å². The van der Waals surface area contributed by atoms with E-state index in [0.717, 1.165) is 13.0 Å². The fraction of sp³-hybridized carbons (Fsp3) is 0.368. The second-order valence-corrected chi connectivity index (χ2v) is 6.27. The van der Waals surface area contributed by atoms with Gasteiger partial charge in [-0.3, -0.25) is 0 Å². The standard InChI is InChI=1S/C19H24N2/c1-19(12-5-6-13-21-19)18(20)17-11-7-10-16(14-17)15-8-3-2-4-9-15/h2-4,7-11,14,18,21H,5-6,12-13,20H2,1H3/t18-,19-/m0/s1. The molecule has 0 radical (unpaired) electrons. The second-order valence-electron chi connectivity index (χ2n) is 6.27. The minimum absolute atomic E-state index is 0.00750. The van der Waals surface area contributed by atoms with Gasteiger partial charge in [0, 0.05) is 11.6 Å². The molecule has 1 aliphatic rings. The van der Waals surface area contributed by atoms with E-state index in [0.29, 0.717) is 0 Å². The van der Waals surface area contributed by atoms with Crippen molar-refractivity contribution in [2.24, 2.45) is 5.73 Å². The first kappa shape index (κ1) is 14.3. The van der Waals surface area contributed by atoms with Gasteiger partial charge in [-0.25, -0.2) is 0 Å². The quantitative estimate of drug-likeness (QED) is 0.895. The number of nitrogens with two attached hydrogens (primary N) is 1. The van der Waals surface area contributed by atoms with Crippen LogP contribution in [0.5, 0.6) is 0 Å². The molecule has 2 aromatic carbocycles. The highest BCUT2D eigenvalue weighted by atomic mass is 15.0. The van der Waals surface area contributed by atoms with Crippen molar-refractivity contribution in [2.75, 3.05) is 6.54 Å². The Kier molecular flexibility index (Phi) is 4.09. The normalized spacial score (nSPS) is 23.7. The molecule has 2 nitrogen and oxygen atoms in total. The molecule has 0 spiro atoms. The van der Waals surface area contributed by atoms with Crippen LogP contribution >= 0.6 is 0 Å². The van der Waals surface area contributed by atoms with Crippen molar-refractivity contribution in [1.82, 2.24) is 5.32 Å². The number of hydrogen-bond acceptors (Lipinski definition) is 2. The summed E-state index contributed by atoms with van der Waals surface area (Å²) >= 11 is 0. The van der Waals surface area contributed by atoms with Gasteiger partial charge in [0.1, 0.15) is 0 Å². The van der Waals surface area contributed by atoms with Crippen LogP contribution in [-0.2, 0) is 0 Å². The van der Waals surface area contributed by atoms with Crippen LogP contribution in [-0.4, -0.2) is 12.1 Å². The number of rotatable bonds is 3. The Hall–Kier alpha value is -1.64. The third-order valence-corrected chi connectivity index (χ3v) is 4.69. The van der Waals surface area contributed by atoms with Crippen molar-refractivity contribution in [3.05, 3.63) is 60.2 Å². The minimum atomic E-state index is 0.00750. The smallest absolute Gasteiger partial charge is 0.0477 e. The molecule has 2 atom stereocenters. The lowest BCUT2D eigenvalue weighted by atomic mass is 9.80. The number of benzene rings is 2. The van der Waals surface area contributed by atoms with Crippen LogP contribution in [0, 0.1) is 0 Å². The molecule has 3 rings (SSSR count). The zero-order chi connectivity index (χ0) is 14.7. The molecule has 3 N–H and O–H groups in total. The van der Waals surface area contributed by atoms with E-state index in [-0.39, 0.29) is 11.6 Å². The van der Waals surface area contributed by atoms with Gasteiger partial charge in [-0.2, -0.15) is 0 Å². The van der Waals surface area contributed by atoms with Gasteiger partial charge in [0.25, 0.3) is 0 Å². The maximum Gasteiger partial charge on any atom is 0.0477 e. The van der Waals surface area contributed by atoms with Gasteiger partial charge in [0.15, 0.2) is 0 Å². The highest BCUT2D eigenvalue weighted by Crippen LogP contribution is 2.32. The summed E-state index contributed by atoms with van der Waals surface area (Å²) in [6, 6.07) is 19.2. The lowest BCUT2D eigenvalue weighted by Gasteiger charge is -2.40. The molecule has 21 heavy (non-hydrogen) atoms. The third kappa shape index (κ3) is 3.02. The van der Waals surface area contributed by atoms with Crippen LogP contribution in [0.4, 0.5) is 0 Å². The van der Waals surface area contributed by atoms with Gasteiger partial charge in [0.2, 0.25) is 0 Å².